The quantitative estimate of drug-likeness (QED) is 0.204. The van der Waals surface area contributed by atoms with E-state index in [1.807, 2.05) is 57.7 Å². The molecule has 6 rings (SSSR count). The van der Waals surface area contributed by atoms with Crippen LogP contribution in [0, 0.1) is 27.7 Å². The average molecular weight is 804 g/mol. The smallest absolute Gasteiger partial charge is 0.353 e. The van der Waals surface area contributed by atoms with Gasteiger partial charge in [-0.25, -0.2) is 0 Å². The maximum atomic E-state index is 15.1. The van der Waals surface area contributed by atoms with Gasteiger partial charge in [0.15, 0.2) is 28.8 Å². The van der Waals surface area contributed by atoms with E-state index in [9.17, 15) is 26.3 Å². The Morgan fingerprint density at radius 2 is 0.963 bits per heavy atom. The van der Waals surface area contributed by atoms with Crippen LogP contribution in [0.3, 0.4) is 0 Å². The molecule has 4 aromatic rings. The fourth-order valence-corrected chi connectivity index (χ4v) is 7.22. The van der Waals surface area contributed by atoms with Crippen LogP contribution < -0.4 is 9.80 Å². The van der Waals surface area contributed by atoms with Crippen LogP contribution in [-0.2, 0) is 30.2 Å². The fourth-order valence-electron chi connectivity index (χ4n) is 6.73. The SMILES string of the molecule is Cc1ccc(N2CCN(C(Cn3nc(C(F)(F)F)c(Cl)c3C)C(=O)C(Cn3nc(C(F)(F)F)c(Cl)c3C)N3CCN(c4ccc(C)nn4)CC3)CC2)nn1. The van der Waals surface area contributed by atoms with Crippen molar-refractivity contribution in [1.82, 2.24) is 49.8 Å². The van der Waals surface area contributed by atoms with Crippen LogP contribution in [0.4, 0.5) is 38.0 Å². The summed E-state index contributed by atoms with van der Waals surface area (Å²) in [5, 5.41) is 23.2. The van der Waals surface area contributed by atoms with E-state index >= 15 is 4.79 Å². The predicted octanol–water partition coefficient (Wildman–Crippen LogP) is 4.89. The molecule has 2 atom stereocenters. The molecule has 54 heavy (non-hydrogen) atoms. The maximum Gasteiger partial charge on any atom is 0.436 e. The fraction of sp³-hybridized carbons (Fsp3) is 0.545. The first-order chi connectivity index (χ1) is 25.4. The summed E-state index contributed by atoms with van der Waals surface area (Å²) in [6.07, 6.45) is -9.69. The molecule has 6 heterocycles. The van der Waals surface area contributed by atoms with E-state index in [1.54, 1.807) is 0 Å². The van der Waals surface area contributed by atoms with Crippen molar-refractivity contribution in [3.8, 4) is 0 Å². The Morgan fingerprint density at radius 1 is 0.611 bits per heavy atom. The predicted molar refractivity (Wildman–Crippen MR) is 188 cm³/mol. The summed E-state index contributed by atoms with van der Waals surface area (Å²) < 4.78 is 85.5. The van der Waals surface area contributed by atoms with Gasteiger partial charge in [0, 0.05) is 52.4 Å². The largest absolute Gasteiger partial charge is 0.436 e. The molecule has 0 amide bonds. The molecular formula is C33H38Cl2F6N12O. The number of anilines is 2. The van der Waals surface area contributed by atoms with Crippen LogP contribution in [0.5, 0.6) is 0 Å². The molecular weight excluding hydrogens is 765 g/mol. The van der Waals surface area contributed by atoms with Crippen LogP contribution in [0.15, 0.2) is 24.3 Å². The number of aromatic nitrogens is 8. The number of nitrogens with zero attached hydrogens (tertiary/aromatic N) is 12. The second-order valence-corrected chi connectivity index (χ2v) is 14.2. The number of alkyl halides is 6. The van der Waals surface area contributed by atoms with Crippen LogP contribution in [0.25, 0.3) is 0 Å². The highest BCUT2D eigenvalue weighted by molar-refractivity contribution is 6.32. The number of Topliss-reactive ketones (excluding diaryl/α,β-unsaturated/α-hetero) is 1. The van der Waals surface area contributed by atoms with Crippen LogP contribution in [0.1, 0.15) is 34.2 Å². The maximum absolute atomic E-state index is 15.1. The van der Waals surface area contributed by atoms with E-state index in [1.165, 1.54) is 13.8 Å². The van der Waals surface area contributed by atoms with Crippen molar-refractivity contribution < 1.29 is 31.1 Å². The van der Waals surface area contributed by atoms with Crippen molar-refractivity contribution in [2.45, 2.75) is 65.2 Å². The summed E-state index contributed by atoms with van der Waals surface area (Å²) in [5.41, 5.74) is -1.03. The zero-order valence-electron chi connectivity index (χ0n) is 29.8. The number of hydrogen-bond donors (Lipinski definition) is 0. The van der Waals surface area contributed by atoms with Crippen molar-refractivity contribution in [1.29, 1.82) is 0 Å². The summed E-state index contributed by atoms with van der Waals surface area (Å²) in [7, 11) is 0. The number of aryl methyl sites for hydroxylation is 2. The van der Waals surface area contributed by atoms with Gasteiger partial charge in [-0.05, 0) is 52.0 Å². The first-order valence-electron chi connectivity index (χ1n) is 17.1. The van der Waals surface area contributed by atoms with Gasteiger partial charge in [0.2, 0.25) is 0 Å². The highest BCUT2D eigenvalue weighted by atomic mass is 35.5. The van der Waals surface area contributed by atoms with Crippen molar-refractivity contribution in [3.63, 3.8) is 0 Å². The van der Waals surface area contributed by atoms with E-state index in [2.05, 4.69) is 30.6 Å². The normalized spacial score (nSPS) is 17.6. The number of halogens is 8. The van der Waals surface area contributed by atoms with Gasteiger partial charge in [-0.2, -0.15) is 46.7 Å². The van der Waals surface area contributed by atoms with Crippen molar-refractivity contribution in [2.24, 2.45) is 0 Å². The van der Waals surface area contributed by atoms with Crippen LogP contribution in [0.2, 0.25) is 10.0 Å². The minimum absolute atomic E-state index is 0.0178. The number of hydrogen-bond acceptors (Lipinski definition) is 11. The third-order valence-corrected chi connectivity index (χ3v) is 10.8. The molecule has 4 aromatic heterocycles. The molecule has 0 N–H and O–H groups in total. The lowest BCUT2D eigenvalue weighted by molar-refractivity contribution is -0.142. The Labute approximate surface area is 316 Å². The molecule has 0 bridgehead atoms. The Morgan fingerprint density at radius 3 is 1.24 bits per heavy atom. The third-order valence-electron chi connectivity index (χ3n) is 9.88. The van der Waals surface area contributed by atoms with Crippen LogP contribution >= 0.6 is 23.2 Å². The van der Waals surface area contributed by atoms with Gasteiger partial charge in [-0.15, -0.1) is 10.2 Å². The highest BCUT2D eigenvalue weighted by Gasteiger charge is 2.43. The Kier molecular flexibility index (Phi) is 11.4. The van der Waals surface area contributed by atoms with E-state index in [4.69, 9.17) is 23.2 Å². The van der Waals surface area contributed by atoms with Gasteiger partial charge < -0.3 is 9.80 Å². The van der Waals surface area contributed by atoms with E-state index in [0.717, 1.165) is 20.8 Å². The standard InChI is InChI=1S/C33H38Cl2F6N12O/c1-19-5-7-25(44-42-19)50-13-9-48(10-14-50)23(17-52-21(3)27(34)30(46-52)32(36,37)38)29(54)24(18-53-22(4)28(35)31(47-53)33(39,40)41)49-11-15-51(16-12-49)26-8-6-20(2)43-45-26/h5-8,23-24H,9-18H2,1-4H3. The highest BCUT2D eigenvalue weighted by Crippen LogP contribution is 2.37. The monoisotopic (exact) mass is 802 g/mol. The minimum Gasteiger partial charge on any atom is -0.353 e. The molecule has 13 nitrogen and oxygen atoms in total. The van der Waals surface area contributed by atoms with Crippen molar-refractivity contribution in [2.75, 3.05) is 62.2 Å². The first kappa shape index (κ1) is 39.6. The molecule has 2 aliphatic rings. The van der Waals surface area contributed by atoms with Crippen LogP contribution in [-0.4, -0.2) is 120 Å². The Hall–Kier alpha value is -4.07. The second kappa shape index (κ2) is 15.6. The topological polar surface area (TPSA) is 117 Å². The summed E-state index contributed by atoms with van der Waals surface area (Å²) >= 11 is 12.2. The Bertz CT molecular complexity index is 1800. The molecule has 21 heteroatoms. The first-order valence-corrected chi connectivity index (χ1v) is 17.9. The molecule has 2 fully saturated rings. The Balaban J connectivity index is 1.35. The molecule has 2 saturated heterocycles. The minimum atomic E-state index is -4.84. The summed E-state index contributed by atoms with van der Waals surface area (Å²) in [4.78, 5) is 22.8. The van der Waals surface area contributed by atoms with Crippen molar-refractivity contribution >= 4 is 40.6 Å². The number of rotatable bonds is 10. The number of ketones is 1. The van der Waals surface area contributed by atoms with E-state index in [0.29, 0.717) is 64.0 Å². The lowest BCUT2D eigenvalue weighted by Crippen LogP contribution is -2.61. The van der Waals surface area contributed by atoms with Gasteiger partial charge in [-0.1, -0.05) is 23.2 Å². The zero-order chi connectivity index (χ0) is 39.1. The summed E-state index contributed by atoms with van der Waals surface area (Å²) in [6.45, 7) is 8.70. The molecule has 0 spiro atoms. The molecule has 0 saturated carbocycles. The van der Waals surface area contributed by atoms with Gasteiger partial charge in [-0.3, -0.25) is 24.0 Å². The number of carbonyl (C=O) groups excluding carboxylic acids is 1. The van der Waals surface area contributed by atoms with Gasteiger partial charge in [0.25, 0.3) is 0 Å². The average Bonchev–Trinajstić information content (AvgIpc) is 3.59. The van der Waals surface area contributed by atoms with Gasteiger partial charge >= 0.3 is 12.4 Å². The van der Waals surface area contributed by atoms with E-state index < -0.39 is 51.7 Å². The summed E-state index contributed by atoms with van der Waals surface area (Å²) in [6, 6.07) is 5.19. The molecule has 0 radical (unpaired) electrons. The molecule has 2 aliphatic heterocycles. The third kappa shape index (κ3) is 8.43. The van der Waals surface area contributed by atoms with Crippen molar-refractivity contribution in [3.05, 3.63) is 68.5 Å². The molecule has 2 unspecified atom stereocenters. The zero-order valence-corrected chi connectivity index (χ0v) is 31.3. The van der Waals surface area contributed by atoms with E-state index in [-0.39, 0.29) is 24.5 Å². The molecule has 292 valence electrons. The van der Waals surface area contributed by atoms with Gasteiger partial charge in [0.05, 0.1) is 58.0 Å². The molecule has 0 aromatic carbocycles. The second-order valence-electron chi connectivity index (χ2n) is 13.4. The number of piperazine rings is 2. The van der Waals surface area contributed by atoms with Gasteiger partial charge in [0.1, 0.15) is 0 Å². The summed E-state index contributed by atoms with van der Waals surface area (Å²) in [5.74, 6) is 0.836. The molecule has 0 aliphatic carbocycles. The lowest BCUT2D eigenvalue weighted by atomic mass is 9.99. The number of carbonyl (C=O) groups is 1. The lowest BCUT2D eigenvalue weighted by Gasteiger charge is -2.43.